The lowest BCUT2D eigenvalue weighted by atomic mass is 10.0. The molecule has 0 amide bonds. The first kappa shape index (κ1) is 24.3. The predicted molar refractivity (Wildman–Crippen MR) is 104 cm³/mol. The molecule has 0 heterocycles. The molecule has 0 fully saturated rings. The number of aliphatic hydroxyl groups is 3. The van der Waals surface area contributed by atoms with E-state index in [2.05, 4.69) is 19.1 Å². The van der Waals surface area contributed by atoms with Gasteiger partial charge in [-0.15, -0.1) is 0 Å². The van der Waals surface area contributed by atoms with Crippen molar-refractivity contribution >= 4 is 5.78 Å². The zero-order valence-electron chi connectivity index (χ0n) is 16.2. The highest BCUT2D eigenvalue weighted by Gasteiger charge is 2.22. The highest BCUT2D eigenvalue weighted by atomic mass is 16.4. The van der Waals surface area contributed by atoms with Gasteiger partial charge >= 0.3 is 0 Å². The topological polar surface area (TPSA) is 77.8 Å². The van der Waals surface area contributed by atoms with E-state index in [1.165, 1.54) is 51.4 Å². The van der Waals surface area contributed by atoms with Crippen LogP contribution in [0.3, 0.4) is 0 Å². The van der Waals surface area contributed by atoms with Crippen LogP contribution in [-0.4, -0.2) is 39.9 Å². The van der Waals surface area contributed by atoms with E-state index >= 15 is 0 Å². The van der Waals surface area contributed by atoms with Crippen LogP contribution < -0.4 is 0 Å². The number of rotatable bonds is 18. The molecular formula is C21H40O4. The maximum absolute atomic E-state index is 11.5. The van der Waals surface area contributed by atoms with Crippen molar-refractivity contribution in [3.05, 3.63) is 12.2 Å². The molecule has 0 aliphatic rings. The highest BCUT2D eigenvalue weighted by Crippen LogP contribution is 2.11. The van der Waals surface area contributed by atoms with E-state index in [1.54, 1.807) is 0 Å². The molecule has 25 heavy (non-hydrogen) atoms. The van der Waals surface area contributed by atoms with Crippen LogP contribution in [0.1, 0.15) is 96.8 Å². The molecule has 0 aromatic carbocycles. The molecule has 0 aromatic heterocycles. The lowest BCUT2D eigenvalue weighted by Gasteiger charge is -2.13. The van der Waals surface area contributed by atoms with Crippen molar-refractivity contribution in [2.24, 2.45) is 0 Å². The second-order valence-corrected chi connectivity index (χ2v) is 7.00. The number of Topliss-reactive ketones (excluding diaryl/α,β-unsaturated/α-hetero) is 1. The van der Waals surface area contributed by atoms with Crippen LogP contribution in [0, 0.1) is 0 Å². The van der Waals surface area contributed by atoms with Gasteiger partial charge in [0, 0.05) is 6.42 Å². The van der Waals surface area contributed by atoms with E-state index in [0.29, 0.717) is 0 Å². The number of allylic oxidation sites excluding steroid dienone is 2. The van der Waals surface area contributed by atoms with Gasteiger partial charge in [0.1, 0.15) is 12.2 Å². The summed E-state index contributed by atoms with van der Waals surface area (Å²) in [6, 6.07) is 0. The van der Waals surface area contributed by atoms with E-state index < -0.39 is 18.8 Å². The van der Waals surface area contributed by atoms with Gasteiger partial charge in [-0.2, -0.15) is 0 Å². The Morgan fingerprint density at radius 3 is 1.80 bits per heavy atom. The first-order chi connectivity index (χ1) is 12.1. The summed E-state index contributed by atoms with van der Waals surface area (Å²) in [6.45, 7) is 1.66. The molecule has 4 nitrogen and oxygen atoms in total. The number of unbranched alkanes of at least 4 members (excludes halogenated alkanes) is 11. The Labute approximate surface area is 154 Å². The molecular weight excluding hydrogens is 316 g/mol. The Hall–Kier alpha value is -0.710. The SMILES string of the molecule is CCCCCCCCC=CCCCCCCCC(=O)C(O)[C@@H](O)CO. The fraction of sp³-hybridized carbons (Fsp3) is 0.857. The lowest BCUT2D eigenvalue weighted by molar-refractivity contribution is -0.134. The van der Waals surface area contributed by atoms with Gasteiger partial charge < -0.3 is 15.3 Å². The van der Waals surface area contributed by atoms with E-state index in [9.17, 15) is 15.0 Å². The smallest absolute Gasteiger partial charge is 0.164 e. The van der Waals surface area contributed by atoms with Crippen LogP contribution in [0.5, 0.6) is 0 Å². The fourth-order valence-corrected chi connectivity index (χ4v) is 2.83. The molecule has 3 N–H and O–H groups in total. The third-order valence-corrected chi connectivity index (χ3v) is 4.57. The molecule has 0 aliphatic carbocycles. The number of carbonyl (C=O) groups is 1. The molecule has 2 atom stereocenters. The Balaban J connectivity index is 3.33. The summed E-state index contributed by atoms with van der Waals surface area (Å²) in [6.07, 6.45) is 17.7. The summed E-state index contributed by atoms with van der Waals surface area (Å²) in [5, 5.41) is 27.3. The zero-order chi connectivity index (χ0) is 18.8. The van der Waals surface area contributed by atoms with Gasteiger partial charge in [-0.05, 0) is 32.1 Å². The van der Waals surface area contributed by atoms with Crippen LogP contribution in [0.4, 0.5) is 0 Å². The average molecular weight is 357 g/mol. The van der Waals surface area contributed by atoms with Crippen molar-refractivity contribution in [2.45, 2.75) is 109 Å². The van der Waals surface area contributed by atoms with Crippen molar-refractivity contribution < 1.29 is 20.1 Å². The number of hydrogen-bond acceptors (Lipinski definition) is 4. The maximum atomic E-state index is 11.5. The van der Waals surface area contributed by atoms with Crippen molar-refractivity contribution in [3.8, 4) is 0 Å². The molecule has 0 aliphatic heterocycles. The third-order valence-electron chi connectivity index (χ3n) is 4.57. The molecule has 1 unspecified atom stereocenters. The van der Waals surface area contributed by atoms with Gasteiger partial charge in [0.05, 0.1) is 6.61 Å². The minimum atomic E-state index is -1.44. The number of ketones is 1. The molecule has 0 saturated heterocycles. The summed E-state index contributed by atoms with van der Waals surface area (Å²) in [7, 11) is 0. The van der Waals surface area contributed by atoms with Gasteiger partial charge in [0.15, 0.2) is 5.78 Å². The normalized spacial score (nSPS) is 14.1. The van der Waals surface area contributed by atoms with E-state index in [-0.39, 0.29) is 12.2 Å². The van der Waals surface area contributed by atoms with Crippen LogP contribution >= 0.6 is 0 Å². The van der Waals surface area contributed by atoms with Gasteiger partial charge in [-0.3, -0.25) is 4.79 Å². The minimum absolute atomic E-state index is 0.274. The molecule has 148 valence electrons. The summed E-state index contributed by atoms with van der Waals surface area (Å²) in [5.41, 5.74) is 0. The summed E-state index contributed by atoms with van der Waals surface area (Å²) in [5.74, 6) is -0.376. The van der Waals surface area contributed by atoms with Crippen LogP contribution in [-0.2, 0) is 4.79 Å². The third kappa shape index (κ3) is 15.3. The quantitative estimate of drug-likeness (QED) is 0.253. The molecule has 0 radical (unpaired) electrons. The standard InChI is InChI=1S/C21H40O4/c1-2-3-4-5-6-7-8-9-10-11-12-13-14-15-16-17-19(23)21(25)20(24)18-22/h9-10,20-22,24-25H,2-8,11-18H2,1H3/t20-,21?/m0/s1. The first-order valence-corrected chi connectivity index (χ1v) is 10.3. The predicted octanol–water partition coefficient (Wildman–Crippen LogP) is 4.31. The Kier molecular flexibility index (Phi) is 17.6. The Morgan fingerprint density at radius 1 is 0.800 bits per heavy atom. The molecule has 4 heteroatoms. The highest BCUT2D eigenvalue weighted by molar-refractivity contribution is 5.83. The summed E-state index contributed by atoms with van der Waals surface area (Å²) in [4.78, 5) is 11.5. The lowest BCUT2D eigenvalue weighted by Crippen LogP contribution is -2.36. The number of hydrogen-bond donors (Lipinski definition) is 3. The van der Waals surface area contributed by atoms with Crippen LogP contribution in [0.2, 0.25) is 0 Å². The number of carbonyl (C=O) groups excluding carboxylic acids is 1. The summed E-state index contributed by atoms with van der Waals surface area (Å²) < 4.78 is 0. The second-order valence-electron chi connectivity index (χ2n) is 7.00. The van der Waals surface area contributed by atoms with Crippen LogP contribution in [0.15, 0.2) is 12.2 Å². The van der Waals surface area contributed by atoms with E-state index in [1.807, 2.05) is 0 Å². The van der Waals surface area contributed by atoms with Gasteiger partial charge in [0.2, 0.25) is 0 Å². The maximum Gasteiger partial charge on any atom is 0.164 e. The summed E-state index contributed by atoms with van der Waals surface area (Å²) >= 11 is 0. The molecule has 0 rings (SSSR count). The minimum Gasteiger partial charge on any atom is -0.394 e. The molecule has 0 saturated carbocycles. The van der Waals surface area contributed by atoms with Crippen molar-refractivity contribution in [1.29, 1.82) is 0 Å². The van der Waals surface area contributed by atoms with E-state index in [0.717, 1.165) is 32.1 Å². The number of aliphatic hydroxyl groups excluding tert-OH is 3. The van der Waals surface area contributed by atoms with E-state index in [4.69, 9.17) is 5.11 Å². The molecule has 0 bridgehead atoms. The van der Waals surface area contributed by atoms with Crippen LogP contribution in [0.25, 0.3) is 0 Å². The fourth-order valence-electron chi connectivity index (χ4n) is 2.83. The molecule has 0 spiro atoms. The monoisotopic (exact) mass is 356 g/mol. The van der Waals surface area contributed by atoms with Gasteiger partial charge in [0.25, 0.3) is 0 Å². The van der Waals surface area contributed by atoms with Crippen molar-refractivity contribution in [1.82, 2.24) is 0 Å². The zero-order valence-corrected chi connectivity index (χ0v) is 16.2. The first-order valence-electron chi connectivity index (χ1n) is 10.3. The average Bonchev–Trinajstić information content (AvgIpc) is 2.63. The Bertz CT molecular complexity index is 328. The second kappa shape index (κ2) is 18.1. The van der Waals surface area contributed by atoms with Crippen molar-refractivity contribution in [2.75, 3.05) is 6.61 Å². The molecule has 0 aromatic rings. The van der Waals surface area contributed by atoms with Gasteiger partial charge in [-0.25, -0.2) is 0 Å². The van der Waals surface area contributed by atoms with Crippen molar-refractivity contribution in [3.63, 3.8) is 0 Å². The largest absolute Gasteiger partial charge is 0.394 e. The Morgan fingerprint density at radius 2 is 1.28 bits per heavy atom. The van der Waals surface area contributed by atoms with Gasteiger partial charge in [-0.1, -0.05) is 70.4 Å².